The molecule has 2 heteroatoms. The zero-order valence-corrected chi connectivity index (χ0v) is 30.5. The van der Waals surface area contributed by atoms with Crippen LogP contribution in [-0.2, 0) is 5.41 Å². The lowest BCUT2D eigenvalue weighted by Crippen LogP contribution is -2.14. The number of fused-ring (bicyclic) bond motifs is 11. The molecule has 9 aromatic carbocycles. The average molecular weight is 703 g/mol. The van der Waals surface area contributed by atoms with Gasteiger partial charge in [-0.05, 0) is 108 Å². The van der Waals surface area contributed by atoms with Crippen molar-refractivity contribution in [3.05, 3.63) is 181 Å². The Morgan fingerprint density at radius 2 is 0.873 bits per heavy atom. The van der Waals surface area contributed by atoms with E-state index >= 15 is 0 Å². The average Bonchev–Trinajstić information content (AvgIpc) is 3.87. The van der Waals surface area contributed by atoms with Gasteiger partial charge in [-0.25, -0.2) is 0 Å². The van der Waals surface area contributed by atoms with Gasteiger partial charge >= 0.3 is 0 Å². The Morgan fingerprint density at radius 1 is 0.345 bits per heavy atom. The third-order valence-corrected chi connectivity index (χ3v) is 12.3. The first-order chi connectivity index (χ1) is 27.0. The second kappa shape index (κ2) is 11.1. The molecular weight excluding hydrogens is 669 g/mol. The van der Waals surface area contributed by atoms with E-state index in [-0.39, 0.29) is 5.41 Å². The molecule has 2 aromatic heterocycles. The molecule has 11 aromatic rings. The van der Waals surface area contributed by atoms with E-state index in [4.69, 9.17) is 8.83 Å². The number of rotatable bonds is 3. The predicted octanol–water partition coefficient (Wildman–Crippen LogP) is 15.1. The van der Waals surface area contributed by atoms with Crippen molar-refractivity contribution in [2.45, 2.75) is 19.3 Å². The van der Waals surface area contributed by atoms with Gasteiger partial charge < -0.3 is 8.83 Å². The van der Waals surface area contributed by atoms with E-state index in [1.54, 1.807) is 0 Å². The van der Waals surface area contributed by atoms with Crippen molar-refractivity contribution in [3.63, 3.8) is 0 Å². The summed E-state index contributed by atoms with van der Waals surface area (Å²) in [6, 6.07) is 61.6. The van der Waals surface area contributed by atoms with Crippen molar-refractivity contribution < 1.29 is 8.83 Å². The van der Waals surface area contributed by atoms with Crippen molar-refractivity contribution in [3.8, 4) is 44.5 Å². The Hall–Kier alpha value is -6.90. The van der Waals surface area contributed by atoms with E-state index in [0.717, 1.165) is 55.0 Å². The lowest BCUT2D eigenvalue weighted by Gasteiger charge is -2.22. The summed E-state index contributed by atoms with van der Waals surface area (Å²) in [6.45, 7) is 4.69. The highest BCUT2D eigenvalue weighted by atomic mass is 16.3. The third-order valence-electron chi connectivity index (χ3n) is 12.3. The normalized spacial score (nSPS) is 13.4. The van der Waals surface area contributed by atoms with E-state index in [2.05, 4.69) is 172 Å². The first-order valence-electron chi connectivity index (χ1n) is 19.1. The minimum atomic E-state index is -0.0939. The van der Waals surface area contributed by atoms with Gasteiger partial charge in [-0.3, -0.25) is 0 Å². The smallest absolute Gasteiger partial charge is 0.143 e. The molecule has 55 heavy (non-hydrogen) atoms. The molecule has 2 nitrogen and oxygen atoms in total. The Kier molecular flexibility index (Phi) is 6.15. The van der Waals surface area contributed by atoms with Gasteiger partial charge in [0.25, 0.3) is 0 Å². The molecule has 0 atom stereocenters. The molecule has 1 aliphatic rings. The van der Waals surface area contributed by atoms with Crippen LogP contribution in [-0.4, -0.2) is 0 Å². The van der Waals surface area contributed by atoms with Crippen LogP contribution in [0.5, 0.6) is 0 Å². The topological polar surface area (TPSA) is 26.3 Å². The molecular formula is C53H34O2. The maximum absolute atomic E-state index is 6.91. The SMILES string of the molecule is CC1(C)c2ccccc2-c2ccc(-c3ccc(-c4c5ccccc5c(-c5ccc6c(c5)oc5ccccc56)c5ccccc45)c4c3oc3ccccc34)cc21. The molecule has 12 rings (SSSR count). The summed E-state index contributed by atoms with van der Waals surface area (Å²) in [6.07, 6.45) is 0. The first-order valence-corrected chi connectivity index (χ1v) is 19.1. The zero-order chi connectivity index (χ0) is 36.4. The second-order valence-electron chi connectivity index (χ2n) is 15.5. The molecule has 2 heterocycles. The van der Waals surface area contributed by atoms with Crippen LogP contribution >= 0.6 is 0 Å². The van der Waals surface area contributed by atoms with Crippen molar-refractivity contribution in [1.82, 2.24) is 0 Å². The van der Waals surface area contributed by atoms with Crippen LogP contribution in [0.3, 0.4) is 0 Å². The van der Waals surface area contributed by atoms with E-state index in [1.807, 2.05) is 12.1 Å². The van der Waals surface area contributed by atoms with Gasteiger partial charge in [0.1, 0.15) is 22.3 Å². The fourth-order valence-electron chi connectivity index (χ4n) is 9.75. The van der Waals surface area contributed by atoms with E-state index in [9.17, 15) is 0 Å². The predicted molar refractivity (Wildman–Crippen MR) is 230 cm³/mol. The van der Waals surface area contributed by atoms with Crippen molar-refractivity contribution in [1.29, 1.82) is 0 Å². The molecule has 0 unspecified atom stereocenters. The third kappa shape index (κ3) is 4.20. The standard InChI is InChI=1S/C53H34O2/c1-53(2)44-20-10-7-13-34(44)35-25-23-31(29-45(35)53)33-27-28-43(51-42-19-9-12-22-47(42)55-52(33)51)50-40-17-5-3-15-38(40)49(39-16-4-6-18-41(39)50)32-24-26-37-36-14-8-11-21-46(36)54-48(37)30-32/h3-30H,1-2H3. The van der Waals surface area contributed by atoms with Crippen LogP contribution in [0.2, 0.25) is 0 Å². The molecule has 0 saturated heterocycles. The molecule has 0 aliphatic heterocycles. The molecule has 258 valence electrons. The molecule has 0 bridgehead atoms. The van der Waals surface area contributed by atoms with Gasteiger partial charge in [0.2, 0.25) is 0 Å². The Balaban J connectivity index is 1.13. The van der Waals surface area contributed by atoms with Gasteiger partial charge in [-0.15, -0.1) is 0 Å². The Bertz CT molecular complexity index is 3350. The summed E-state index contributed by atoms with van der Waals surface area (Å²) in [5.74, 6) is 0. The zero-order valence-electron chi connectivity index (χ0n) is 30.5. The molecule has 0 amide bonds. The maximum atomic E-state index is 6.91. The summed E-state index contributed by atoms with van der Waals surface area (Å²) in [5.41, 5.74) is 15.9. The number of hydrogen-bond acceptors (Lipinski definition) is 2. The van der Waals surface area contributed by atoms with Gasteiger partial charge in [-0.1, -0.05) is 147 Å². The highest BCUT2D eigenvalue weighted by Gasteiger charge is 2.35. The fourth-order valence-corrected chi connectivity index (χ4v) is 9.75. The molecule has 0 radical (unpaired) electrons. The highest BCUT2D eigenvalue weighted by molar-refractivity contribution is 6.27. The minimum absolute atomic E-state index is 0.0939. The lowest BCUT2D eigenvalue weighted by atomic mass is 9.81. The largest absolute Gasteiger partial charge is 0.456 e. The van der Waals surface area contributed by atoms with Gasteiger partial charge in [0.15, 0.2) is 0 Å². The van der Waals surface area contributed by atoms with Crippen LogP contribution in [0.1, 0.15) is 25.0 Å². The number of para-hydroxylation sites is 2. The van der Waals surface area contributed by atoms with Crippen molar-refractivity contribution >= 4 is 65.4 Å². The van der Waals surface area contributed by atoms with E-state index in [1.165, 1.54) is 66.1 Å². The van der Waals surface area contributed by atoms with E-state index in [0.29, 0.717) is 0 Å². The number of hydrogen-bond donors (Lipinski definition) is 0. The lowest BCUT2D eigenvalue weighted by molar-refractivity contribution is 0.660. The summed E-state index contributed by atoms with van der Waals surface area (Å²) < 4.78 is 13.3. The number of benzene rings is 9. The molecule has 0 spiro atoms. The monoisotopic (exact) mass is 702 g/mol. The maximum Gasteiger partial charge on any atom is 0.143 e. The Labute approximate surface area is 317 Å². The molecule has 0 N–H and O–H groups in total. The summed E-state index contributed by atoms with van der Waals surface area (Å²) in [5, 5.41) is 9.36. The van der Waals surface area contributed by atoms with Crippen LogP contribution in [0, 0.1) is 0 Å². The highest BCUT2D eigenvalue weighted by Crippen LogP contribution is 2.52. The summed E-state index contributed by atoms with van der Waals surface area (Å²) in [7, 11) is 0. The van der Waals surface area contributed by atoms with Gasteiger partial charge in [-0.2, -0.15) is 0 Å². The van der Waals surface area contributed by atoms with Gasteiger partial charge in [0.05, 0.1) is 0 Å². The van der Waals surface area contributed by atoms with Crippen LogP contribution in [0.15, 0.2) is 179 Å². The molecule has 1 aliphatic carbocycles. The van der Waals surface area contributed by atoms with Crippen LogP contribution in [0.25, 0.3) is 110 Å². The number of furan rings is 2. The quantitative estimate of drug-likeness (QED) is 0.171. The van der Waals surface area contributed by atoms with Crippen molar-refractivity contribution in [2.24, 2.45) is 0 Å². The molecule has 0 fully saturated rings. The van der Waals surface area contributed by atoms with Crippen LogP contribution < -0.4 is 0 Å². The van der Waals surface area contributed by atoms with Gasteiger partial charge in [0, 0.05) is 32.5 Å². The minimum Gasteiger partial charge on any atom is -0.456 e. The Morgan fingerprint density at radius 3 is 1.62 bits per heavy atom. The second-order valence-corrected chi connectivity index (χ2v) is 15.5. The fraction of sp³-hybridized carbons (Fsp3) is 0.0566. The van der Waals surface area contributed by atoms with Crippen molar-refractivity contribution in [2.75, 3.05) is 0 Å². The first kappa shape index (κ1) is 30.6. The summed E-state index contributed by atoms with van der Waals surface area (Å²) >= 11 is 0. The summed E-state index contributed by atoms with van der Waals surface area (Å²) in [4.78, 5) is 0. The molecule has 0 saturated carbocycles. The van der Waals surface area contributed by atoms with E-state index < -0.39 is 0 Å². The van der Waals surface area contributed by atoms with Crippen LogP contribution in [0.4, 0.5) is 0 Å².